The van der Waals surface area contributed by atoms with Crippen LogP contribution in [0.3, 0.4) is 0 Å². The van der Waals surface area contributed by atoms with Crippen LogP contribution in [0.5, 0.6) is 0 Å². The first-order chi connectivity index (χ1) is 6.95. The third-order valence-electron chi connectivity index (χ3n) is 2.42. The molecular formula is C12H21N3. The van der Waals surface area contributed by atoms with Crippen molar-refractivity contribution in [2.45, 2.75) is 58.8 Å². The summed E-state index contributed by atoms with van der Waals surface area (Å²) in [6.07, 6.45) is 3.93. The lowest BCUT2D eigenvalue weighted by Gasteiger charge is -2.17. The molecule has 0 spiro atoms. The predicted molar refractivity (Wildman–Crippen MR) is 61.9 cm³/mol. The van der Waals surface area contributed by atoms with Crippen LogP contribution in [0.25, 0.3) is 0 Å². The largest absolute Gasteiger partial charge is 0.221 e. The van der Waals surface area contributed by atoms with Gasteiger partial charge in [0.15, 0.2) is 0 Å². The standard InChI is InChI=1S/C12H21N3/c1-6-7-9(2)10-13-8-14-11(15-10)12(3,4)5/h8-9H,6-7H2,1-5H3. The fraction of sp³-hybridized carbons (Fsp3) is 0.750. The first-order valence-electron chi connectivity index (χ1n) is 5.64. The van der Waals surface area contributed by atoms with E-state index in [0.29, 0.717) is 5.92 Å². The molecule has 0 saturated heterocycles. The van der Waals surface area contributed by atoms with Crippen molar-refractivity contribution in [3.63, 3.8) is 0 Å². The summed E-state index contributed by atoms with van der Waals surface area (Å²) in [5.41, 5.74) is 0.00360. The van der Waals surface area contributed by atoms with Crippen molar-refractivity contribution in [1.82, 2.24) is 15.0 Å². The normalized spacial score (nSPS) is 13.9. The third-order valence-corrected chi connectivity index (χ3v) is 2.42. The third kappa shape index (κ3) is 3.26. The molecule has 1 unspecified atom stereocenters. The Morgan fingerprint density at radius 1 is 1.27 bits per heavy atom. The molecule has 0 bridgehead atoms. The quantitative estimate of drug-likeness (QED) is 0.764. The van der Waals surface area contributed by atoms with Crippen molar-refractivity contribution in [3.8, 4) is 0 Å². The van der Waals surface area contributed by atoms with Crippen molar-refractivity contribution in [3.05, 3.63) is 18.0 Å². The Morgan fingerprint density at radius 2 is 1.93 bits per heavy atom. The van der Waals surface area contributed by atoms with E-state index in [2.05, 4.69) is 49.6 Å². The van der Waals surface area contributed by atoms with Crippen LogP contribution in [0.2, 0.25) is 0 Å². The van der Waals surface area contributed by atoms with Crippen LogP contribution in [0.1, 0.15) is 65.0 Å². The molecule has 0 radical (unpaired) electrons. The first kappa shape index (κ1) is 12.1. The molecular weight excluding hydrogens is 186 g/mol. The molecule has 0 aromatic carbocycles. The van der Waals surface area contributed by atoms with Gasteiger partial charge >= 0.3 is 0 Å². The van der Waals surface area contributed by atoms with Crippen LogP contribution >= 0.6 is 0 Å². The van der Waals surface area contributed by atoms with E-state index < -0.39 is 0 Å². The zero-order chi connectivity index (χ0) is 11.5. The van der Waals surface area contributed by atoms with E-state index in [9.17, 15) is 0 Å². The molecule has 3 nitrogen and oxygen atoms in total. The van der Waals surface area contributed by atoms with Crippen molar-refractivity contribution in [2.24, 2.45) is 0 Å². The first-order valence-corrected chi connectivity index (χ1v) is 5.64. The monoisotopic (exact) mass is 207 g/mol. The topological polar surface area (TPSA) is 38.7 Å². The van der Waals surface area contributed by atoms with Gasteiger partial charge in [0.05, 0.1) is 0 Å². The fourth-order valence-electron chi connectivity index (χ4n) is 1.47. The van der Waals surface area contributed by atoms with E-state index in [0.717, 1.165) is 24.5 Å². The second-order valence-electron chi connectivity index (χ2n) is 5.11. The molecule has 0 aliphatic heterocycles. The van der Waals surface area contributed by atoms with Crippen LogP contribution in [-0.2, 0) is 5.41 Å². The number of rotatable bonds is 3. The number of hydrogen-bond donors (Lipinski definition) is 0. The smallest absolute Gasteiger partial charge is 0.137 e. The Hall–Kier alpha value is -0.990. The average molecular weight is 207 g/mol. The number of hydrogen-bond acceptors (Lipinski definition) is 3. The Labute approximate surface area is 92.4 Å². The highest BCUT2D eigenvalue weighted by atomic mass is 15.0. The molecule has 15 heavy (non-hydrogen) atoms. The molecule has 0 aliphatic rings. The lowest BCUT2D eigenvalue weighted by molar-refractivity contribution is 0.523. The van der Waals surface area contributed by atoms with Crippen molar-refractivity contribution >= 4 is 0 Å². The number of nitrogens with zero attached hydrogens (tertiary/aromatic N) is 3. The summed E-state index contributed by atoms with van der Waals surface area (Å²) in [5, 5.41) is 0. The Kier molecular flexibility index (Phi) is 3.77. The maximum Gasteiger partial charge on any atom is 0.137 e. The molecule has 0 fully saturated rings. The maximum absolute atomic E-state index is 4.54. The summed E-state index contributed by atoms with van der Waals surface area (Å²) in [4.78, 5) is 13.0. The van der Waals surface area contributed by atoms with Crippen LogP contribution in [0.15, 0.2) is 6.33 Å². The van der Waals surface area contributed by atoms with E-state index in [-0.39, 0.29) is 5.41 Å². The maximum atomic E-state index is 4.54. The molecule has 1 aromatic rings. The molecule has 0 amide bonds. The molecule has 1 atom stereocenters. The summed E-state index contributed by atoms with van der Waals surface area (Å²) in [7, 11) is 0. The highest BCUT2D eigenvalue weighted by molar-refractivity contribution is 5.04. The van der Waals surface area contributed by atoms with Gasteiger partial charge in [-0.05, 0) is 6.42 Å². The minimum Gasteiger partial charge on any atom is -0.221 e. The highest BCUT2D eigenvalue weighted by Gasteiger charge is 2.19. The van der Waals surface area contributed by atoms with Crippen molar-refractivity contribution < 1.29 is 0 Å². The zero-order valence-corrected chi connectivity index (χ0v) is 10.4. The van der Waals surface area contributed by atoms with Gasteiger partial charge in [-0.25, -0.2) is 15.0 Å². The van der Waals surface area contributed by atoms with E-state index in [1.807, 2.05) is 0 Å². The second kappa shape index (κ2) is 4.69. The van der Waals surface area contributed by atoms with Gasteiger partial charge in [-0.3, -0.25) is 0 Å². The minimum atomic E-state index is 0.00360. The summed E-state index contributed by atoms with van der Waals surface area (Å²) >= 11 is 0. The number of aromatic nitrogens is 3. The molecule has 1 heterocycles. The molecule has 1 rings (SSSR count). The van der Waals surface area contributed by atoms with Gasteiger partial charge in [-0.1, -0.05) is 41.0 Å². The molecule has 3 heteroatoms. The average Bonchev–Trinajstić information content (AvgIpc) is 2.17. The second-order valence-corrected chi connectivity index (χ2v) is 5.11. The Bertz CT molecular complexity index is 315. The lowest BCUT2D eigenvalue weighted by atomic mass is 9.95. The molecule has 1 aromatic heterocycles. The van der Waals surface area contributed by atoms with Gasteiger partial charge in [0.2, 0.25) is 0 Å². The Morgan fingerprint density at radius 3 is 2.47 bits per heavy atom. The van der Waals surface area contributed by atoms with E-state index in [1.165, 1.54) is 0 Å². The van der Waals surface area contributed by atoms with Gasteiger partial charge in [0.25, 0.3) is 0 Å². The van der Waals surface area contributed by atoms with Crippen molar-refractivity contribution in [1.29, 1.82) is 0 Å². The highest BCUT2D eigenvalue weighted by Crippen LogP contribution is 2.20. The summed E-state index contributed by atoms with van der Waals surface area (Å²) in [6, 6.07) is 0. The zero-order valence-electron chi connectivity index (χ0n) is 10.4. The summed E-state index contributed by atoms with van der Waals surface area (Å²) < 4.78 is 0. The molecule has 0 N–H and O–H groups in total. The van der Waals surface area contributed by atoms with Crippen LogP contribution in [0, 0.1) is 0 Å². The van der Waals surface area contributed by atoms with Crippen LogP contribution in [-0.4, -0.2) is 15.0 Å². The van der Waals surface area contributed by atoms with E-state index >= 15 is 0 Å². The van der Waals surface area contributed by atoms with Gasteiger partial charge in [-0.15, -0.1) is 0 Å². The minimum absolute atomic E-state index is 0.00360. The summed E-state index contributed by atoms with van der Waals surface area (Å²) in [6.45, 7) is 10.7. The van der Waals surface area contributed by atoms with Gasteiger partial charge in [-0.2, -0.15) is 0 Å². The Balaban J connectivity index is 2.92. The van der Waals surface area contributed by atoms with Gasteiger partial charge in [0.1, 0.15) is 18.0 Å². The van der Waals surface area contributed by atoms with Crippen molar-refractivity contribution in [2.75, 3.05) is 0 Å². The molecule has 0 saturated carbocycles. The van der Waals surface area contributed by atoms with Crippen LogP contribution < -0.4 is 0 Å². The van der Waals surface area contributed by atoms with E-state index in [4.69, 9.17) is 0 Å². The van der Waals surface area contributed by atoms with Crippen LogP contribution in [0.4, 0.5) is 0 Å². The lowest BCUT2D eigenvalue weighted by Crippen LogP contribution is -2.18. The van der Waals surface area contributed by atoms with Gasteiger partial charge < -0.3 is 0 Å². The SMILES string of the molecule is CCCC(C)c1ncnc(C(C)(C)C)n1. The van der Waals surface area contributed by atoms with E-state index in [1.54, 1.807) is 6.33 Å². The fourth-order valence-corrected chi connectivity index (χ4v) is 1.47. The molecule has 84 valence electrons. The molecule has 0 aliphatic carbocycles. The summed E-state index contributed by atoms with van der Waals surface area (Å²) in [5.74, 6) is 2.24. The van der Waals surface area contributed by atoms with Gasteiger partial charge in [0, 0.05) is 11.3 Å². The predicted octanol–water partition coefficient (Wildman–Crippen LogP) is 3.07.